The van der Waals surface area contributed by atoms with Crippen molar-refractivity contribution >= 4 is 41.1 Å². The summed E-state index contributed by atoms with van der Waals surface area (Å²) in [6.07, 6.45) is 1.73. The summed E-state index contributed by atoms with van der Waals surface area (Å²) >= 11 is 12.6. The molecule has 1 fully saturated rings. The van der Waals surface area contributed by atoms with Crippen molar-refractivity contribution in [3.63, 3.8) is 0 Å². The fourth-order valence-corrected chi connectivity index (χ4v) is 3.87. The Labute approximate surface area is 202 Å². The number of ether oxygens (including phenoxy) is 3. The van der Waals surface area contributed by atoms with Crippen molar-refractivity contribution in [2.45, 2.75) is 6.04 Å². The standard InChI is InChI=1S/C24H24Cl2N2O5/c1-3-13-31-23(29)27-11-12-28(22(16-27)17-5-7-18(25)8-6-17)21-10-9-19(15-20(21)26)33-24(30)32-14-4-2/h3-10,15,22H,1-2,11-14,16H2/t22-/m0/s1. The SMILES string of the molecule is C=CCOC(=O)Oc1ccc(N2CCN(C(=O)OCC=C)C[C@H]2c2ccc(Cl)cc2)c(Cl)c1. The van der Waals surface area contributed by atoms with Gasteiger partial charge >= 0.3 is 12.2 Å². The molecule has 2 aromatic rings. The number of hydrogen-bond donors (Lipinski definition) is 0. The molecule has 1 atom stereocenters. The van der Waals surface area contributed by atoms with Crippen LogP contribution in [-0.4, -0.2) is 50.0 Å². The van der Waals surface area contributed by atoms with Crippen LogP contribution in [0.2, 0.25) is 10.0 Å². The molecular weight excluding hydrogens is 467 g/mol. The number of piperazine rings is 1. The maximum atomic E-state index is 12.4. The number of benzene rings is 2. The Bertz CT molecular complexity index is 1010. The van der Waals surface area contributed by atoms with E-state index < -0.39 is 12.2 Å². The van der Waals surface area contributed by atoms with E-state index in [1.54, 1.807) is 35.2 Å². The smallest absolute Gasteiger partial charge is 0.445 e. The quantitative estimate of drug-likeness (QED) is 0.274. The minimum atomic E-state index is -0.843. The summed E-state index contributed by atoms with van der Waals surface area (Å²) in [5, 5.41) is 1.01. The van der Waals surface area contributed by atoms with Gasteiger partial charge in [0.15, 0.2) is 0 Å². The summed E-state index contributed by atoms with van der Waals surface area (Å²) in [6, 6.07) is 12.2. The highest BCUT2D eigenvalue weighted by atomic mass is 35.5. The lowest BCUT2D eigenvalue weighted by atomic mass is 10.0. The normalized spacial score (nSPS) is 15.5. The van der Waals surface area contributed by atoms with Crippen LogP contribution in [0.5, 0.6) is 5.75 Å². The van der Waals surface area contributed by atoms with Gasteiger partial charge in [-0.15, -0.1) is 0 Å². The third-order valence-electron chi connectivity index (χ3n) is 4.97. The molecule has 0 aliphatic carbocycles. The van der Waals surface area contributed by atoms with Crippen LogP contribution < -0.4 is 9.64 Å². The van der Waals surface area contributed by atoms with Gasteiger partial charge in [-0.05, 0) is 29.8 Å². The molecule has 3 rings (SSSR count). The molecule has 7 nitrogen and oxygen atoms in total. The van der Waals surface area contributed by atoms with Gasteiger partial charge in [-0.3, -0.25) is 0 Å². The lowest BCUT2D eigenvalue weighted by Crippen LogP contribution is -2.50. The van der Waals surface area contributed by atoms with E-state index in [1.807, 2.05) is 12.1 Å². The second kappa shape index (κ2) is 11.6. The number of nitrogens with zero attached hydrogens (tertiary/aromatic N) is 2. The number of carbonyl (C=O) groups is 2. The number of amides is 1. The van der Waals surface area contributed by atoms with E-state index in [-0.39, 0.29) is 25.0 Å². The summed E-state index contributed by atoms with van der Waals surface area (Å²) in [5.41, 5.74) is 1.70. The number of carbonyl (C=O) groups excluding carboxylic acids is 2. The van der Waals surface area contributed by atoms with Gasteiger partial charge in [0.05, 0.1) is 16.8 Å². The lowest BCUT2D eigenvalue weighted by molar-refractivity contribution is 0.104. The first kappa shape index (κ1) is 24.5. The van der Waals surface area contributed by atoms with E-state index in [9.17, 15) is 9.59 Å². The minimum Gasteiger partial charge on any atom is -0.445 e. The molecule has 174 valence electrons. The molecule has 33 heavy (non-hydrogen) atoms. The molecule has 0 bridgehead atoms. The van der Waals surface area contributed by atoms with E-state index in [1.165, 1.54) is 12.2 Å². The maximum absolute atomic E-state index is 12.4. The summed E-state index contributed by atoms with van der Waals surface area (Å²) in [7, 11) is 0. The summed E-state index contributed by atoms with van der Waals surface area (Å²) in [4.78, 5) is 27.9. The van der Waals surface area contributed by atoms with Crippen LogP contribution in [0.25, 0.3) is 0 Å². The summed E-state index contributed by atoms with van der Waals surface area (Å²) in [6.45, 7) is 8.60. The molecular formula is C24H24Cl2N2O5. The van der Waals surface area contributed by atoms with E-state index >= 15 is 0 Å². The van der Waals surface area contributed by atoms with E-state index in [0.717, 1.165) is 11.3 Å². The van der Waals surface area contributed by atoms with Crippen molar-refractivity contribution in [2.24, 2.45) is 0 Å². The second-order valence-corrected chi connectivity index (χ2v) is 7.98. The molecule has 9 heteroatoms. The maximum Gasteiger partial charge on any atom is 0.514 e. The molecule has 0 unspecified atom stereocenters. The average Bonchev–Trinajstić information content (AvgIpc) is 2.81. The zero-order valence-electron chi connectivity index (χ0n) is 17.9. The minimum absolute atomic E-state index is 0.0485. The molecule has 0 saturated carbocycles. The number of rotatable bonds is 7. The first-order valence-corrected chi connectivity index (χ1v) is 11.0. The molecule has 1 aliphatic rings. The molecule has 0 N–H and O–H groups in total. The number of halogens is 2. The first-order chi connectivity index (χ1) is 15.9. The van der Waals surface area contributed by atoms with Crippen LogP contribution in [0.3, 0.4) is 0 Å². The Hall–Kier alpha value is -3.16. The van der Waals surface area contributed by atoms with Crippen molar-refractivity contribution in [2.75, 3.05) is 37.7 Å². The third kappa shape index (κ3) is 6.43. The van der Waals surface area contributed by atoms with Gasteiger partial charge in [-0.1, -0.05) is 60.6 Å². The van der Waals surface area contributed by atoms with Gasteiger partial charge in [-0.2, -0.15) is 0 Å². The zero-order valence-corrected chi connectivity index (χ0v) is 19.4. The fourth-order valence-electron chi connectivity index (χ4n) is 3.47. The topological polar surface area (TPSA) is 68.3 Å². The fraction of sp³-hybridized carbons (Fsp3) is 0.250. The van der Waals surface area contributed by atoms with Crippen molar-refractivity contribution in [1.29, 1.82) is 0 Å². The number of anilines is 1. The van der Waals surface area contributed by atoms with Crippen LogP contribution in [-0.2, 0) is 9.47 Å². The highest BCUT2D eigenvalue weighted by molar-refractivity contribution is 6.33. The van der Waals surface area contributed by atoms with Crippen LogP contribution in [0, 0.1) is 0 Å². The first-order valence-electron chi connectivity index (χ1n) is 10.2. The van der Waals surface area contributed by atoms with Gasteiger partial charge in [0.25, 0.3) is 0 Å². The Morgan fingerprint density at radius 3 is 2.36 bits per heavy atom. The second-order valence-electron chi connectivity index (χ2n) is 7.14. The Balaban J connectivity index is 1.84. The molecule has 1 heterocycles. The summed E-state index contributed by atoms with van der Waals surface area (Å²) in [5.74, 6) is 0.257. The third-order valence-corrected chi connectivity index (χ3v) is 5.52. The van der Waals surface area contributed by atoms with Crippen molar-refractivity contribution in [1.82, 2.24) is 4.90 Å². The summed E-state index contributed by atoms with van der Waals surface area (Å²) < 4.78 is 15.2. The molecule has 2 aromatic carbocycles. The largest absolute Gasteiger partial charge is 0.514 e. The van der Waals surface area contributed by atoms with Crippen LogP contribution in [0.4, 0.5) is 15.3 Å². The van der Waals surface area contributed by atoms with Gasteiger partial charge in [-0.25, -0.2) is 9.59 Å². The van der Waals surface area contributed by atoms with Crippen molar-refractivity contribution in [3.05, 3.63) is 83.4 Å². The molecule has 0 aromatic heterocycles. The molecule has 1 aliphatic heterocycles. The van der Waals surface area contributed by atoms with Gasteiger partial charge < -0.3 is 24.0 Å². The van der Waals surface area contributed by atoms with E-state index in [4.69, 9.17) is 37.4 Å². The molecule has 1 saturated heterocycles. The van der Waals surface area contributed by atoms with Crippen LogP contribution >= 0.6 is 23.2 Å². The highest BCUT2D eigenvalue weighted by Gasteiger charge is 2.32. The van der Waals surface area contributed by atoms with Crippen molar-refractivity contribution in [3.8, 4) is 5.75 Å². The van der Waals surface area contributed by atoms with E-state index in [2.05, 4.69) is 18.1 Å². The Morgan fingerprint density at radius 2 is 1.70 bits per heavy atom. The predicted molar refractivity (Wildman–Crippen MR) is 128 cm³/mol. The Kier molecular flexibility index (Phi) is 8.63. The monoisotopic (exact) mass is 490 g/mol. The van der Waals surface area contributed by atoms with Crippen LogP contribution in [0.15, 0.2) is 67.8 Å². The lowest BCUT2D eigenvalue weighted by Gasteiger charge is -2.43. The van der Waals surface area contributed by atoms with Gasteiger partial charge in [0.2, 0.25) is 0 Å². The van der Waals surface area contributed by atoms with Gasteiger partial charge in [0, 0.05) is 30.7 Å². The predicted octanol–water partition coefficient (Wildman–Crippen LogP) is 5.88. The number of hydrogen-bond acceptors (Lipinski definition) is 6. The average molecular weight is 491 g/mol. The Morgan fingerprint density at radius 1 is 1.00 bits per heavy atom. The van der Waals surface area contributed by atoms with Crippen LogP contribution in [0.1, 0.15) is 11.6 Å². The van der Waals surface area contributed by atoms with Crippen molar-refractivity contribution < 1.29 is 23.8 Å². The molecule has 1 amide bonds. The van der Waals surface area contributed by atoms with E-state index in [0.29, 0.717) is 29.7 Å². The van der Waals surface area contributed by atoms with Gasteiger partial charge in [0.1, 0.15) is 19.0 Å². The zero-order chi connectivity index (χ0) is 23.8. The molecule has 0 spiro atoms. The molecule has 0 radical (unpaired) electrons. The highest BCUT2D eigenvalue weighted by Crippen LogP contribution is 2.37.